The molecule has 5 heteroatoms. The van der Waals surface area contributed by atoms with E-state index < -0.39 is 18.1 Å². The highest BCUT2D eigenvalue weighted by Gasteiger charge is 2.24. The van der Waals surface area contributed by atoms with Gasteiger partial charge in [-0.3, -0.25) is 0 Å². The van der Waals surface area contributed by atoms with E-state index in [-0.39, 0.29) is 19.0 Å². The van der Waals surface area contributed by atoms with Gasteiger partial charge in [0.2, 0.25) is 0 Å². The van der Waals surface area contributed by atoms with Gasteiger partial charge >= 0.3 is 5.97 Å². The van der Waals surface area contributed by atoms with Crippen molar-refractivity contribution in [1.29, 1.82) is 0 Å². The van der Waals surface area contributed by atoms with Gasteiger partial charge in [0.15, 0.2) is 6.10 Å². The fraction of sp³-hybridized carbons (Fsp3) is 0.235. The lowest BCUT2D eigenvalue weighted by Gasteiger charge is -2.17. The minimum absolute atomic E-state index is 0. The van der Waals surface area contributed by atoms with E-state index >= 15 is 0 Å². The summed E-state index contributed by atoms with van der Waals surface area (Å²) in [5.74, 6) is -0.692. The summed E-state index contributed by atoms with van der Waals surface area (Å²) < 4.78 is 5.08. The number of carbonyl (C=O) groups excluding carboxylic acids is 1. The lowest BCUT2D eigenvalue weighted by molar-refractivity contribution is -0.156. The van der Waals surface area contributed by atoms with Crippen molar-refractivity contribution in [2.45, 2.75) is 25.2 Å². The maximum Gasteiger partial charge on any atom is 0.336 e. The van der Waals surface area contributed by atoms with Crippen LogP contribution in [-0.2, 0) is 22.6 Å². The Kier molecular flexibility index (Phi) is 7.60. The number of aliphatic hydroxyl groups excluding tert-OH is 1. The van der Waals surface area contributed by atoms with Crippen LogP contribution in [0.5, 0.6) is 0 Å². The topological polar surface area (TPSA) is 72.5 Å². The predicted octanol–water partition coefficient (Wildman–Crippen LogP) is 2.08. The molecule has 0 fully saturated rings. The first-order valence-electron chi connectivity index (χ1n) is 6.85. The molecule has 0 bridgehead atoms. The number of halogens is 1. The van der Waals surface area contributed by atoms with Crippen LogP contribution in [0.3, 0.4) is 0 Å². The summed E-state index contributed by atoms with van der Waals surface area (Å²) in [4.78, 5) is 11.8. The van der Waals surface area contributed by atoms with E-state index in [9.17, 15) is 9.90 Å². The molecule has 0 aliphatic rings. The van der Waals surface area contributed by atoms with E-state index in [1.54, 1.807) is 0 Å². The van der Waals surface area contributed by atoms with Crippen LogP contribution in [0.4, 0.5) is 0 Å². The zero-order chi connectivity index (χ0) is 15.1. The normalized spacial score (nSPS) is 12.8. The van der Waals surface area contributed by atoms with E-state index in [2.05, 4.69) is 0 Å². The van der Waals surface area contributed by atoms with Crippen molar-refractivity contribution in [1.82, 2.24) is 0 Å². The average Bonchev–Trinajstić information content (AvgIpc) is 2.53. The van der Waals surface area contributed by atoms with E-state index in [1.165, 1.54) is 0 Å². The number of aliphatic hydroxyl groups is 1. The zero-order valence-electron chi connectivity index (χ0n) is 12.1. The summed E-state index contributed by atoms with van der Waals surface area (Å²) in [6.07, 6.45) is -0.906. The van der Waals surface area contributed by atoms with Crippen LogP contribution in [0, 0.1) is 0 Å². The SMILES string of the molecule is Cl.N[C@H](Cc1ccccc1)[C@H](O)C(=O)OCc1ccccc1. The Morgan fingerprint density at radius 3 is 2.05 bits per heavy atom. The Bertz CT molecular complexity index is 563. The van der Waals surface area contributed by atoms with E-state index in [1.807, 2.05) is 60.7 Å². The van der Waals surface area contributed by atoms with Crippen LogP contribution >= 0.6 is 12.4 Å². The Morgan fingerprint density at radius 2 is 1.50 bits per heavy atom. The molecule has 4 nitrogen and oxygen atoms in total. The van der Waals surface area contributed by atoms with Crippen molar-refractivity contribution in [3.8, 4) is 0 Å². The third kappa shape index (κ3) is 5.48. The standard InChI is InChI=1S/C17H19NO3.ClH/c18-15(11-13-7-3-1-4-8-13)16(19)17(20)21-12-14-9-5-2-6-10-14;/h1-10,15-16,19H,11-12,18H2;1H/t15-,16+;/m1./s1. The van der Waals surface area contributed by atoms with Crippen LogP contribution in [0.15, 0.2) is 60.7 Å². The summed E-state index contributed by atoms with van der Waals surface area (Å²) >= 11 is 0. The Morgan fingerprint density at radius 1 is 1.00 bits per heavy atom. The molecule has 0 saturated heterocycles. The molecule has 0 aliphatic carbocycles. The maximum absolute atomic E-state index is 11.8. The van der Waals surface area contributed by atoms with Crippen LogP contribution in [-0.4, -0.2) is 23.2 Å². The van der Waals surface area contributed by atoms with Gasteiger partial charge < -0.3 is 15.6 Å². The molecule has 0 heterocycles. The molecule has 0 aliphatic heterocycles. The molecule has 2 aromatic rings. The number of hydrogen-bond acceptors (Lipinski definition) is 4. The molecule has 2 rings (SSSR count). The van der Waals surface area contributed by atoms with Gasteiger partial charge in [0.05, 0.1) is 0 Å². The number of hydrogen-bond donors (Lipinski definition) is 2. The highest BCUT2D eigenvalue weighted by molar-refractivity contribution is 5.85. The minimum atomic E-state index is -1.33. The zero-order valence-corrected chi connectivity index (χ0v) is 12.9. The number of nitrogens with two attached hydrogens (primary N) is 1. The molecule has 2 atom stereocenters. The summed E-state index contributed by atoms with van der Waals surface area (Å²) in [6, 6.07) is 18.1. The Labute approximate surface area is 136 Å². The van der Waals surface area contributed by atoms with Crippen LogP contribution < -0.4 is 5.73 Å². The third-order valence-corrected chi connectivity index (χ3v) is 3.19. The first-order valence-corrected chi connectivity index (χ1v) is 6.85. The molecule has 118 valence electrons. The van der Waals surface area contributed by atoms with Gasteiger partial charge in [0.1, 0.15) is 6.61 Å². The largest absolute Gasteiger partial charge is 0.459 e. The van der Waals surface area contributed by atoms with Gasteiger partial charge in [-0.1, -0.05) is 60.7 Å². The third-order valence-electron chi connectivity index (χ3n) is 3.19. The lowest BCUT2D eigenvalue weighted by atomic mass is 10.0. The average molecular weight is 322 g/mol. The molecular formula is C17H20ClNO3. The number of rotatable bonds is 6. The molecule has 3 N–H and O–H groups in total. The van der Waals surface area contributed by atoms with Gasteiger partial charge in [0.25, 0.3) is 0 Å². The molecular weight excluding hydrogens is 302 g/mol. The predicted molar refractivity (Wildman–Crippen MR) is 87.6 cm³/mol. The summed E-state index contributed by atoms with van der Waals surface area (Å²) in [6.45, 7) is 0.134. The molecule has 0 aromatic heterocycles. The summed E-state index contributed by atoms with van der Waals surface area (Å²) in [5.41, 5.74) is 7.71. The van der Waals surface area contributed by atoms with Crippen LogP contribution in [0.1, 0.15) is 11.1 Å². The summed E-state index contributed by atoms with van der Waals surface area (Å²) in [7, 11) is 0. The van der Waals surface area contributed by atoms with Gasteiger partial charge in [-0.2, -0.15) is 0 Å². The Hall–Kier alpha value is -1.88. The van der Waals surface area contributed by atoms with Crippen molar-refractivity contribution in [2.24, 2.45) is 5.73 Å². The second-order valence-corrected chi connectivity index (χ2v) is 4.89. The van der Waals surface area contributed by atoms with Gasteiger partial charge in [0, 0.05) is 6.04 Å². The van der Waals surface area contributed by atoms with Crippen LogP contribution in [0.25, 0.3) is 0 Å². The first kappa shape index (κ1) is 18.2. The first-order chi connectivity index (χ1) is 10.2. The highest BCUT2D eigenvalue weighted by Crippen LogP contribution is 2.07. The highest BCUT2D eigenvalue weighted by atomic mass is 35.5. The van der Waals surface area contributed by atoms with Crippen molar-refractivity contribution < 1.29 is 14.6 Å². The smallest absolute Gasteiger partial charge is 0.336 e. The lowest BCUT2D eigenvalue weighted by Crippen LogP contribution is -2.42. The molecule has 0 radical (unpaired) electrons. The van der Waals surface area contributed by atoms with E-state index in [4.69, 9.17) is 10.5 Å². The molecule has 0 unspecified atom stereocenters. The van der Waals surface area contributed by atoms with Gasteiger partial charge in [-0.05, 0) is 17.5 Å². The fourth-order valence-electron chi connectivity index (χ4n) is 1.99. The summed E-state index contributed by atoms with van der Waals surface area (Å²) in [5, 5.41) is 9.93. The molecule has 22 heavy (non-hydrogen) atoms. The Balaban J connectivity index is 0.00000242. The second kappa shape index (κ2) is 9.20. The molecule has 2 aromatic carbocycles. The molecule has 0 amide bonds. The minimum Gasteiger partial charge on any atom is -0.459 e. The number of ether oxygens (including phenoxy) is 1. The molecule has 0 spiro atoms. The van der Waals surface area contributed by atoms with E-state index in [0.29, 0.717) is 6.42 Å². The van der Waals surface area contributed by atoms with Gasteiger partial charge in [-0.25, -0.2) is 4.79 Å². The van der Waals surface area contributed by atoms with Gasteiger partial charge in [-0.15, -0.1) is 12.4 Å². The maximum atomic E-state index is 11.8. The van der Waals surface area contributed by atoms with E-state index in [0.717, 1.165) is 11.1 Å². The number of benzene rings is 2. The quantitative estimate of drug-likeness (QED) is 0.799. The fourth-order valence-corrected chi connectivity index (χ4v) is 1.99. The number of carbonyl (C=O) groups is 1. The molecule has 0 saturated carbocycles. The van der Waals surface area contributed by atoms with Crippen LogP contribution in [0.2, 0.25) is 0 Å². The van der Waals surface area contributed by atoms with Crippen molar-refractivity contribution >= 4 is 18.4 Å². The number of esters is 1. The van der Waals surface area contributed by atoms with Crippen molar-refractivity contribution in [3.63, 3.8) is 0 Å². The van der Waals surface area contributed by atoms with Crippen molar-refractivity contribution in [2.75, 3.05) is 0 Å². The monoisotopic (exact) mass is 321 g/mol. The van der Waals surface area contributed by atoms with Crippen molar-refractivity contribution in [3.05, 3.63) is 71.8 Å². The second-order valence-electron chi connectivity index (χ2n) is 4.89.